The second-order valence-corrected chi connectivity index (χ2v) is 31.5. The molecular weight excluding hydrogens is 1250 g/mol. The van der Waals surface area contributed by atoms with Gasteiger partial charge in [0, 0.05) is 25.7 Å². The highest BCUT2D eigenvalue weighted by atomic mass is 31.2. The van der Waals surface area contributed by atoms with Crippen LogP contribution in [0.25, 0.3) is 0 Å². The third-order valence-electron chi connectivity index (χ3n) is 18.0. The van der Waals surface area contributed by atoms with Gasteiger partial charge in [-0.3, -0.25) is 37.3 Å². The van der Waals surface area contributed by atoms with Crippen molar-refractivity contribution in [2.75, 3.05) is 39.6 Å². The molecule has 564 valence electrons. The highest BCUT2D eigenvalue weighted by Gasteiger charge is 2.30. The molecule has 0 aliphatic heterocycles. The summed E-state index contributed by atoms with van der Waals surface area (Å²) in [6, 6.07) is 0. The summed E-state index contributed by atoms with van der Waals surface area (Å²) in [5.41, 5.74) is 0. The van der Waals surface area contributed by atoms with Crippen molar-refractivity contribution in [3.05, 3.63) is 0 Å². The molecule has 0 rings (SSSR count). The maximum atomic E-state index is 13.1. The number of ether oxygens (including phenoxy) is 4. The maximum absolute atomic E-state index is 13.1. The van der Waals surface area contributed by atoms with Gasteiger partial charge in [0.15, 0.2) is 12.2 Å². The SMILES string of the molecule is CCCCCCCCCCC(=O)OC[C@H](COP(=O)(O)OC[C@H](O)COP(=O)(O)OC[C@@H](COC(=O)CCCCCCCCCCCCCCCCC(C)CC)OC(=O)CCCCCCCCCCCCCCCCCC(C)C)OC(=O)CCCCCCCCCCC(C)C. The van der Waals surface area contributed by atoms with Crippen LogP contribution in [-0.2, 0) is 65.4 Å². The summed E-state index contributed by atoms with van der Waals surface area (Å²) in [6.07, 6.45) is 52.8. The zero-order chi connectivity index (χ0) is 70.1. The third-order valence-corrected chi connectivity index (χ3v) is 19.9. The normalized spacial score (nSPS) is 14.4. The Balaban J connectivity index is 5.20. The zero-order valence-electron chi connectivity index (χ0n) is 62.1. The van der Waals surface area contributed by atoms with E-state index in [1.54, 1.807) is 0 Å². The Labute approximate surface area is 581 Å². The highest BCUT2D eigenvalue weighted by Crippen LogP contribution is 2.45. The number of hydrogen-bond acceptors (Lipinski definition) is 15. The van der Waals surface area contributed by atoms with E-state index in [4.69, 9.17) is 37.0 Å². The molecule has 0 radical (unpaired) electrons. The number of aliphatic hydroxyl groups excluding tert-OH is 1. The standard InChI is InChI=1S/C76H148O17P2/c1-8-10-11-12-13-36-43-50-57-73(78)86-63-71(93-76(81)60-53-46-39-32-31-34-41-48-55-68(5)6)65-90-94(82,83)88-61-70(77)62-89-95(84,85)91-66-72(92-75(80)59-52-45-38-30-26-22-16-14-15-19-23-27-33-40-47-54-67(3)4)64-87-74(79)58-51-44-37-29-25-21-18-17-20-24-28-35-42-49-56-69(7)9-2/h67-72,77H,8-66H2,1-7H3,(H,82,83)(H,84,85)/t69?,70-,71+,72+/m0/s1. The minimum atomic E-state index is -4.96. The van der Waals surface area contributed by atoms with Crippen LogP contribution in [0.4, 0.5) is 0 Å². The molecule has 0 bridgehead atoms. The summed E-state index contributed by atoms with van der Waals surface area (Å²) >= 11 is 0. The van der Waals surface area contributed by atoms with Crippen molar-refractivity contribution in [3.8, 4) is 0 Å². The lowest BCUT2D eigenvalue weighted by Gasteiger charge is -2.21. The number of phosphoric ester groups is 2. The van der Waals surface area contributed by atoms with Gasteiger partial charge in [0.05, 0.1) is 26.4 Å². The van der Waals surface area contributed by atoms with Crippen LogP contribution >= 0.6 is 15.6 Å². The van der Waals surface area contributed by atoms with E-state index < -0.39 is 97.5 Å². The van der Waals surface area contributed by atoms with Crippen LogP contribution in [0.3, 0.4) is 0 Å². The third kappa shape index (κ3) is 69.0. The van der Waals surface area contributed by atoms with Gasteiger partial charge in [-0.2, -0.15) is 0 Å². The number of esters is 4. The van der Waals surface area contributed by atoms with Crippen LogP contribution in [0.15, 0.2) is 0 Å². The van der Waals surface area contributed by atoms with Crippen molar-refractivity contribution >= 4 is 39.5 Å². The fraction of sp³-hybridized carbons (Fsp3) is 0.947. The van der Waals surface area contributed by atoms with Crippen LogP contribution in [0.1, 0.15) is 389 Å². The Morgan fingerprint density at radius 1 is 0.305 bits per heavy atom. The minimum Gasteiger partial charge on any atom is -0.462 e. The quantitative estimate of drug-likeness (QED) is 0.0222. The molecule has 0 aromatic heterocycles. The van der Waals surface area contributed by atoms with Gasteiger partial charge in [-0.15, -0.1) is 0 Å². The second-order valence-electron chi connectivity index (χ2n) is 28.6. The number of carbonyl (C=O) groups excluding carboxylic acids is 4. The molecule has 95 heavy (non-hydrogen) atoms. The predicted molar refractivity (Wildman–Crippen MR) is 386 cm³/mol. The molecule has 19 heteroatoms. The van der Waals surface area contributed by atoms with Crippen LogP contribution in [-0.4, -0.2) is 96.7 Å². The summed E-state index contributed by atoms with van der Waals surface area (Å²) in [5, 5.41) is 10.6. The van der Waals surface area contributed by atoms with Crippen LogP contribution < -0.4 is 0 Å². The van der Waals surface area contributed by atoms with Crippen LogP contribution in [0, 0.1) is 17.8 Å². The molecule has 0 spiro atoms. The summed E-state index contributed by atoms with van der Waals surface area (Å²) in [4.78, 5) is 72.7. The molecule has 0 aliphatic rings. The largest absolute Gasteiger partial charge is 0.472 e. The van der Waals surface area contributed by atoms with Crippen LogP contribution in [0.5, 0.6) is 0 Å². The lowest BCUT2D eigenvalue weighted by Crippen LogP contribution is -2.30. The molecule has 0 aromatic carbocycles. The molecule has 0 heterocycles. The van der Waals surface area contributed by atoms with E-state index in [2.05, 4.69) is 48.5 Å². The zero-order valence-corrected chi connectivity index (χ0v) is 63.9. The summed E-state index contributed by atoms with van der Waals surface area (Å²) in [6.45, 7) is 11.9. The summed E-state index contributed by atoms with van der Waals surface area (Å²) < 4.78 is 68.4. The minimum absolute atomic E-state index is 0.104. The molecule has 0 saturated carbocycles. The van der Waals surface area contributed by atoms with Gasteiger partial charge in [0.1, 0.15) is 19.3 Å². The Kier molecular flexibility index (Phi) is 65.2. The van der Waals surface area contributed by atoms with Crippen molar-refractivity contribution in [1.82, 2.24) is 0 Å². The smallest absolute Gasteiger partial charge is 0.462 e. The van der Waals surface area contributed by atoms with Gasteiger partial charge in [-0.05, 0) is 43.4 Å². The molecule has 17 nitrogen and oxygen atoms in total. The van der Waals surface area contributed by atoms with Crippen LogP contribution in [0.2, 0.25) is 0 Å². The number of phosphoric acid groups is 2. The molecule has 3 N–H and O–H groups in total. The first-order chi connectivity index (χ1) is 45.8. The Morgan fingerprint density at radius 3 is 0.800 bits per heavy atom. The number of unbranched alkanes of at least 4 members (excludes halogenated alkanes) is 41. The van der Waals surface area contributed by atoms with E-state index in [-0.39, 0.29) is 25.7 Å². The van der Waals surface area contributed by atoms with E-state index in [0.717, 1.165) is 114 Å². The second kappa shape index (κ2) is 66.6. The van der Waals surface area contributed by atoms with E-state index in [1.165, 1.54) is 193 Å². The first-order valence-electron chi connectivity index (χ1n) is 39.4. The average molecular weight is 1400 g/mol. The summed E-state index contributed by atoms with van der Waals surface area (Å²) in [5.74, 6) is 0.249. The van der Waals surface area contributed by atoms with Gasteiger partial charge in [-0.25, -0.2) is 9.13 Å². The molecule has 0 saturated heterocycles. The Bertz CT molecular complexity index is 1850. The average Bonchev–Trinajstić information content (AvgIpc) is 2.00. The van der Waals surface area contributed by atoms with E-state index in [1.807, 2.05) is 0 Å². The highest BCUT2D eigenvalue weighted by molar-refractivity contribution is 7.47. The van der Waals surface area contributed by atoms with Gasteiger partial charge < -0.3 is 33.8 Å². The Morgan fingerprint density at radius 2 is 0.537 bits per heavy atom. The van der Waals surface area contributed by atoms with E-state index in [0.29, 0.717) is 25.7 Å². The van der Waals surface area contributed by atoms with Gasteiger partial charge in [0.2, 0.25) is 0 Å². The van der Waals surface area contributed by atoms with Gasteiger partial charge >= 0.3 is 39.5 Å². The molecule has 6 atom stereocenters. The fourth-order valence-corrected chi connectivity index (χ4v) is 13.1. The molecule has 0 amide bonds. The van der Waals surface area contributed by atoms with Crippen molar-refractivity contribution in [3.63, 3.8) is 0 Å². The van der Waals surface area contributed by atoms with E-state index >= 15 is 0 Å². The monoisotopic (exact) mass is 1400 g/mol. The number of carbonyl (C=O) groups is 4. The van der Waals surface area contributed by atoms with Crippen molar-refractivity contribution in [1.29, 1.82) is 0 Å². The lowest BCUT2D eigenvalue weighted by atomic mass is 9.99. The molecular formula is C76H148O17P2. The van der Waals surface area contributed by atoms with Crippen molar-refractivity contribution < 1.29 is 80.2 Å². The van der Waals surface area contributed by atoms with Gasteiger partial charge in [0.25, 0.3) is 0 Å². The first kappa shape index (κ1) is 93.1. The molecule has 0 fully saturated rings. The number of rotatable bonds is 74. The number of hydrogen-bond donors (Lipinski definition) is 3. The van der Waals surface area contributed by atoms with E-state index in [9.17, 15) is 43.2 Å². The van der Waals surface area contributed by atoms with Gasteiger partial charge in [-0.1, -0.05) is 337 Å². The Hall–Kier alpha value is -1.94. The predicted octanol–water partition coefficient (Wildman–Crippen LogP) is 22.2. The van der Waals surface area contributed by atoms with Crippen molar-refractivity contribution in [2.24, 2.45) is 17.8 Å². The lowest BCUT2D eigenvalue weighted by molar-refractivity contribution is -0.161. The topological polar surface area (TPSA) is 237 Å². The maximum Gasteiger partial charge on any atom is 0.472 e. The molecule has 3 unspecified atom stereocenters. The molecule has 0 aromatic rings. The van der Waals surface area contributed by atoms with Crippen molar-refractivity contribution in [2.45, 2.75) is 407 Å². The molecule has 0 aliphatic carbocycles. The number of aliphatic hydroxyl groups is 1. The first-order valence-corrected chi connectivity index (χ1v) is 42.4. The summed E-state index contributed by atoms with van der Waals surface area (Å²) in [7, 11) is -9.91. The fourth-order valence-electron chi connectivity index (χ4n) is 11.6.